The maximum absolute atomic E-state index is 3.91. The van der Waals surface area contributed by atoms with Crippen molar-refractivity contribution in [3.05, 3.63) is 47.5 Å². The molecule has 0 aromatic heterocycles. The summed E-state index contributed by atoms with van der Waals surface area (Å²) in [6, 6.07) is 8.39. The van der Waals surface area contributed by atoms with Crippen LogP contribution in [0.25, 0.3) is 11.6 Å². The van der Waals surface area contributed by atoms with Crippen LogP contribution in [0.1, 0.15) is 18.1 Å². The van der Waals surface area contributed by atoms with E-state index in [1.807, 2.05) is 6.92 Å². The largest absolute Gasteiger partial charge is 0.0955 e. The van der Waals surface area contributed by atoms with E-state index in [1.54, 1.807) is 0 Å². The van der Waals surface area contributed by atoms with Crippen molar-refractivity contribution in [3.63, 3.8) is 0 Å². The van der Waals surface area contributed by atoms with Gasteiger partial charge in [-0.2, -0.15) is 0 Å². The minimum Gasteiger partial charge on any atom is -0.0955 e. The fourth-order valence-corrected chi connectivity index (χ4v) is 1.38. The molecule has 54 valence electrons. The van der Waals surface area contributed by atoms with Gasteiger partial charge in [0, 0.05) is 0 Å². The Kier molecular flexibility index (Phi) is 1.22. The summed E-state index contributed by atoms with van der Waals surface area (Å²) in [7, 11) is 0. The molecule has 2 rings (SSSR count). The van der Waals surface area contributed by atoms with E-state index in [4.69, 9.17) is 0 Å². The van der Waals surface area contributed by atoms with Crippen molar-refractivity contribution < 1.29 is 0 Å². The molecule has 0 nitrogen and oxygen atoms in total. The molecule has 0 heteroatoms. The van der Waals surface area contributed by atoms with Crippen LogP contribution in [0.3, 0.4) is 0 Å². The molecule has 1 aromatic rings. The second-order valence-corrected chi connectivity index (χ2v) is 2.93. The average Bonchev–Trinajstić information content (AvgIpc) is 1.90. The molecule has 0 atom stereocenters. The lowest BCUT2D eigenvalue weighted by atomic mass is 9.85. The number of benzene rings is 1. The van der Waals surface area contributed by atoms with Gasteiger partial charge in [0.2, 0.25) is 0 Å². The zero-order valence-corrected chi connectivity index (χ0v) is 6.59. The number of hydrogen-bond acceptors (Lipinski definition) is 0. The molecular formula is C11H10. The van der Waals surface area contributed by atoms with E-state index in [2.05, 4.69) is 36.9 Å². The lowest BCUT2D eigenvalue weighted by Crippen LogP contribution is -1.98. The highest BCUT2D eigenvalue weighted by Gasteiger charge is 2.14. The second kappa shape index (κ2) is 2.09. The van der Waals surface area contributed by atoms with Crippen LogP contribution < -0.4 is 0 Å². The van der Waals surface area contributed by atoms with Gasteiger partial charge in [0.25, 0.3) is 0 Å². The Morgan fingerprint density at radius 1 is 1.27 bits per heavy atom. The van der Waals surface area contributed by atoms with Gasteiger partial charge in [0.1, 0.15) is 0 Å². The van der Waals surface area contributed by atoms with Crippen molar-refractivity contribution in [2.24, 2.45) is 0 Å². The van der Waals surface area contributed by atoms with E-state index in [0.29, 0.717) is 0 Å². The SMILES string of the molecule is C=C(C)C1=Cc2ccccc21. The minimum atomic E-state index is 1.16. The highest BCUT2D eigenvalue weighted by molar-refractivity contribution is 6.01. The van der Waals surface area contributed by atoms with Gasteiger partial charge in [0.05, 0.1) is 0 Å². The van der Waals surface area contributed by atoms with Crippen LogP contribution in [-0.4, -0.2) is 0 Å². The number of allylic oxidation sites excluding steroid dienone is 2. The molecule has 0 saturated heterocycles. The van der Waals surface area contributed by atoms with Gasteiger partial charge in [0.15, 0.2) is 0 Å². The molecule has 1 aliphatic carbocycles. The highest BCUT2D eigenvalue weighted by Crippen LogP contribution is 2.35. The van der Waals surface area contributed by atoms with Crippen molar-refractivity contribution in [1.82, 2.24) is 0 Å². The van der Waals surface area contributed by atoms with Gasteiger partial charge < -0.3 is 0 Å². The zero-order chi connectivity index (χ0) is 7.84. The summed E-state index contributed by atoms with van der Waals surface area (Å²) >= 11 is 0. The predicted octanol–water partition coefficient (Wildman–Crippen LogP) is 3.12. The Hall–Kier alpha value is -1.30. The number of hydrogen-bond donors (Lipinski definition) is 0. The molecule has 1 aliphatic rings. The summed E-state index contributed by atoms with van der Waals surface area (Å²) in [6.45, 7) is 5.95. The van der Waals surface area contributed by atoms with E-state index in [0.717, 1.165) is 5.57 Å². The third kappa shape index (κ3) is 0.829. The van der Waals surface area contributed by atoms with Crippen LogP contribution in [0, 0.1) is 0 Å². The Morgan fingerprint density at radius 2 is 2.00 bits per heavy atom. The van der Waals surface area contributed by atoms with E-state index in [-0.39, 0.29) is 0 Å². The zero-order valence-electron chi connectivity index (χ0n) is 6.59. The first kappa shape index (κ1) is 6.41. The molecule has 0 N–H and O–H groups in total. The van der Waals surface area contributed by atoms with Gasteiger partial charge in [-0.15, -0.1) is 0 Å². The molecule has 0 fully saturated rings. The highest BCUT2D eigenvalue weighted by atomic mass is 14.2. The van der Waals surface area contributed by atoms with Gasteiger partial charge in [-0.1, -0.05) is 36.4 Å². The fraction of sp³-hybridized carbons (Fsp3) is 0.0909. The Balaban J connectivity index is 2.46. The lowest BCUT2D eigenvalue weighted by Gasteiger charge is -2.19. The van der Waals surface area contributed by atoms with Gasteiger partial charge in [-0.25, -0.2) is 0 Å². The third-order valence-electron chi connectivity index (χ3n) is 2.01. The number of rotatable bonds is 1. The van der Waals surface area contributed by atoms with Crippen LogP contribution in [0.15, 0.2) is 36.4 Å². The topological polar surface area (TPSA) is 0 Å². The summed E-state index contributed by atoms with van der Waals surface area (Å²) in [5, 5.41) is 0. The maximum Gasteiger partial charge on any atom is -0.0109 e. The van der Waals surface area contributed by atoms with Crippen molar-refractivity contribution in [1.29, 1.82) is 0 Å². The van der Waals surface area contributed by atoms with E-state index in [9.17, 15) is 0 Å². The Labute approximate surface area is 66.9 Å². The first-order chi connectivity index (χ1) is 5.29. The standard InChI is InChI=1S/C11H10/c1-8(2)11-7-9-5-3-4-6-10(9)11/h3-7H,1H2,2H3. The quantitative estimate of drug-likeness (QED) is 0.565. The molecule has 0 saturated carbocycles. The number of fused-ring (bicyclic) bond motifs is 1. The molecule has 0 heterocycles. The molecule has 1 aromatic carbocycles. The van der Waals surface area contributed by atoms with Crippen LogP contribution in [0.4, 0.5) is 0 Å². The molecule has 0 unspecified atom stereocenters. The van der Waals surface area contributed by atoms with Gasteiger partial charge >= 0.3 is 0 Å². The van der Waals surface area contributed by atoms with E-state index in [1.165, 1.54) is 16.7 Å². The molecule has 0 amide bonds. The van der Waals surface area contributed by atoms with Crippen LogP contribution in [-0.2, 0) is 0 Å². The van der Waals surface area contributed by atoms with Crippen LogP contribution >= 0.6 is 0 Å². The first-order valence-corrected chi connectivity index (χ1v) is 3.76. The maximum atomic E-state index is 3.91. The summed E-state index contributed by atoms with van der Waals surface area (Å²) in [5.41, 5.74) is 5.15. The van der Waals surface area contributed by atoms with Crippen LogP contribution in [0.5, 0.6) is 0 Å². The lowest BCUT2D eigenvalue weighted by molar-refractivity contribution is 1.46. The van der Waals surface area contributed by atoms with Crippen molar-refractivity contribution in [3.8, 4) is 0 Å². The van der Waals surface area contributed by atoms with Gasteiger partial charge in [-0.3, -0.25) is 0 Å². The monoisotopic (exact) mass is 142 g/mol. The Morgan fingerprint density at radius 3 is 2.64 bits per heavy atom. The molecule has 0 aliphatic heterocycles. The average molecular weight is 142 g/mol. The van der Waals surface area contributed by atoms with Crippen molar-refractivity contribution in [2.75, 3.05) is 0 Å². The Bertz CT molecular complexity index is 343. The third-order valence-corrected chi connectivity index (χ3v) is 2.01. The summed E-state index contributed by atoms with van der Waals surface area (Å²) in [5.74, 6) is 0. The smallest absolute Gasteiger partial charge is 0.0109 e. The van der Waals surface area contributed by atoms with E-state index >= 15 is 0 Å². The fourth-order valence-electron chi connectivity index (χ4n) is 1.38. The minimum absolute atomic E-state index is 1.16. The summed E-state index contributed by atoms with van der Waals surface area (Å²) in [6.07, 6.45) is 2.18. The molecule has 0 radical (unpaired) electrons. The predicted molar refractivity (Wildman–Crippen MR) is 49.1 cm³/mol. The molecular weight excluding hydrogens is 132 g/mol. The van der Waals surface area contributed by atoms with Crippen molar-refractivity contribution >= 4 is 11.6 Å². The molecule has 11 heavy (non-hydrogen) atoms. The normalized spacial score (nSPS) is 13.0. The second-order valence-electron chi connectivity index (χ2n) is 2.93. The summed E-state index contributed by atoms with van der Waals surface area (Å²) < 4.78 is 0. The van der Waals surface area contributed by atoms with Gasteiger partial charge in [-0.05, 0) is 29.7 Å². The molecule has 0 spiro atoms. The first-order valence-electron chi connectivity index (χ1n) is 3.76. The van der Waals surface area contributed by atoms with Crippen molar-refractivity contribution in [2.45, 2.75) is 6.92 Å². The summed E-state index contributed by atoms with van der Waals surface area (Å²) in [4.78, 5) is 0. The van der Waals surface area contributed by atoms with E-state index < -0.39 is 0 Å². The van der Waals surface area contributed by atoms with Crippen LogP contribution in [0.2, 0.25) is 0 Å². The molecule has 0 bridgehead atoms.